The van der Waals surface area contributed by atoms with Crippen molar-refractivity contribution in [3.8, 4) is 0 Å². The molecule has 1 saturated carbocycles. The fraction of sp³-hybridized carbons (Fsp3) is 1.00. The standard InChI is InChI=1S/C11H21NO2/c13-9-11(4-6-14-7-5-11)8-12-10-2-1-3-10/h10,12-13H,1-9H2. The summed E-state index contributed by atoms with van der Waals surface area (Å²) < 4.78 is 5.33. The highest BCUT2D eigenvalue weighted by atomic mass is 16.5. The number of hydrogen-bond acceptors (Lipinski definition) is 3. The van der Waals surface area contributed by atoms with Crippen LogP contribution in [-0.4, -0.2) is 37.5 Å². The minimum atomic E-state index is 0.105. The van der Waals surface area contributed by atoms with Crippen molar-refractivity contribution in [3.05, 3.63) is 0 Å². The Hall–Kier alpha value is -0.120. The van der Waals surface area contributed by atoms with Crippen molar-refractivity contribution < 1.29 is 9.84 Å². The van der Waals surface area contributed by atoms with Crippen LogP contribution in [0.3, 0.4) is 0 Å². The smallest absolute Gasteiger partial charge is 0.0501 e. The lowest BCUT2D eigenvalue weighted by molar-refractivity contribution is -0.0177. The summed E-state index contributed by atoms with van der Waals surface area (Å²) in [4.78, 5) is 0. The van der Waals surface area contributed by atoms with Gasteiger partial charge in [-0.1, -0.05) is 6.42 Å². The van der Waals surface area contributed by atoms with Crippen molar-refractivity contribution >= 4 is 0 Å². The highest BCUT2D eigenvalue weighted by molar-refractivity contribution is 4.86. The van der Waals surface area contributed by atoms with Crippen LogP contribution in [0.1, 0.15) is 32.1 Å². The molecule has 1 heterocycles. The molecule has 0 radical (unpaired) electrons. The number of hydrogen-bond donors (Lipinski definition) is 2. The van der Waals surface area contributed by atoms with Crippen LogP contribution in [0, 0.1) is 5.41 Å². The average molecular weight is 199 g/mol. The molecule has 0 atom stereocenters. The first kappa shape index (κ1) is 10.4. The van der Waals surface area contributed by atoms with Crippen LogP contribution in [0.5, 0.6) is 0 Å². The molecule has 0 spiro atoms. The molecule has 82 valence electrons. The van der Waals surface area contributed by atoms with Gasteiger partial charge in [-0.15, -0.1) is 0 Å². The maximum Gasteiger partial charge on any atom is 0.0501 e. The fourth-order valence-electron chi connectivity index (χ4n) is 2.17. The van der Waals surface area contributed by atoms with Crippen molar-refractivity contribution in [1.82, 2.24) is 5.32 Å². The second-order valence-corrected chi connectivity index (χ2v) is 4.78. The van der Waals surface area contributed by atoms with E-state index in [-0.39, 0.29) is 5.41 Å². The van der Waals surface area contributed by atoms with Gasteiger partial charge < -0.3 is 15.2 Å². The summed E-state index contributed by atoms with van der Waals surface area (Å²) in [5, 5.41) is 13.0. The van der Waals surface area contributed by atoms with E-state index >= 15 is 0 Å². The molecule has 0 amide bonds. The molecule has 2 fully saturated rings. The molecule has 1 aliphatic heterocycles. The van der Waals surface area contributed by atoms with Gasteiger partial charge in [-0.3, -0.25) is 0 Å². The van der Waals surface area contributed by atoms with Gasteiger partial charge in [-0.25, -0.2) is 0 Å². The average Bonchev–Trinajstić information content (AvgIpc) is 2.17. The largest absolute Gasteiger partial charge is 0.396 e. The Bertz CT molecular complexity index is 174. The van der Waals surface area contributed by atoms with Crippen LogP contribution in [0.25, 0.3) is 0 Å². The van der Waals surface area contributed by atoms with Gasteiger partial charge in [0.05, 0.1) is 6.61 Å². The predicted molar refractivity (Wildman–Crippen MR) is 55.2 cm³/mol. The van der Waals surface area contributed by atoms with Crippen LogP contribution in [0.15, 0.2) is 0 Å². The van der Waals surface area contributed by atoms with Crippen LogP contribution in [0.4, 0.5) is 0 Å². The molecule has 2 rings (SSSR count). The van der Waals surface area contributed by atoms with Gasteiger partial charge in [0.1, 0.15) is 0 Å². The van der Waals surface area contributed by atoms with Crippen LogP contribution in [0.2, 0.25) is 0 Å². The monoisotopic (exact) mass is 199 g/mol. The first-order valence-electron chi connectivity index (χ1n) is 5.77. The third-order valence-electron chi connectivity index (χ3n) is 3.76. The minimum Gasteiger partial charge on any atom is -0.396 e. The number of aliphatic hydroxyl groups excluding tert-OH is 1. The van der Waals surface area contributed by atoms with Crippen LogP contribution < -0.4 is 5.32 Å². The summed E-state index contributed by atoms with van der Waals surface area (Å²) in [6.45, 7) is 2.90. The molecule has 2 N–H and O–H groups in total. The highest BCUT2D eigenvalue weighted by Gasteiger charge is 2.32. The minimum absolute atomic E-state index is 0.105. The van der Waals surface area contributed by atoms with Gasteiger partial charge in [0.25, 0.3) is 0 Å². The summed E-state index contributed by atoms with van der Waals surface area (Å²) in [5.41, 5.74) is 0.105. The van der Waals surface area contributed by atoms with Crippen molar-refractivity contribution in [3.63, 3.8) is 0 Å². The van der Waals surface area contributed by atoms with Crippen molar-refractivity contribution in [2.24, 2.45) is 5.41 Å². The van der Waals surface area contributed by atoms with E-state index in [1.165, 1.54) is 19.3 Å². The van der Waals surface area contributed by atoms with E-state index in [4.69, 9.17) is 4.74 Å². The number of nitrogens with one attached hydrogen (secondary N) is 1. The molecular weight excluding hydrogens is 178 g/mol. The second kappa shape index (κ2) is 4.60. The molecule has 0 aromatic heterocycles. The maximum atomic E-state index is 9.45. The molecule has 1 saturated heterocycles. The normalized spacial score (nSPS) is 27.2. The van der Waals surface area contributed by atoms with Gasteiger partial charge in [-0.05, 0) is 25.7 Å². The summed E-state index contributed by atoms with van der Waals surface area (Å²) >= 11 is 0. The van der Waals surface area contributed by atoms with E-state index in [0.717, 1.165) is 38.6 Å². The molecule has 0 aromatic rings. The first-order chi connectivity index (χ1) is 6.85. The van der Waals surface area contributed by atoms with Crippen LogP contribution >= 0.6 is 0 Å². The van der Waals surface area contributed by atoms with E-state index < -0.39 is 0 Å². The highest BCUT2D eigenvalue weighted by Crippen LogP contribution is 2.30. The lowest BCUT2D eigenvalue weighted by Crippen LogP contribution is -2.46. The first-order valence-corrected chi connectivity index (χ1v) is 5.77. The zero-order valence-electron chi connectivity index (χ0n) is 8.80. The van der Waals surface area contributed by atoms with E-state index in [1.807, 2.05) is 0 Å². The summed E-state index contributed by atoms with van der Waals surface area (Å²) in [7, 11) is 0. The molecule has 3 heteroatoms. The van der Waals surface area contributed by atoms with Gasteiger partial charge in [-0.2, -0.15) is 0 Å². The van der Waals surface area contributed by atoms with Gasteiger partial charge in [0.2, 0.25) is 0 Å². The fourth-order valence-corrected chi connectivity index (χ4v) is 2.17. The summed E-state index contributed by atoms with van der Waals surface area (Å²) in [6.07, 6.45) is 6.01. The third kappa shape index (κ3) is 2.27. The van der Waals surface area contributed by atoms with Crippen molar-refractivity contribution in [2.75, 3.05) is 26.4 Å². The number of rotatable bonds is 4. The predicted octanol–water partition coefficient (Wildman–Crippen LogP) is 0.918. The van der Waals surface area contributed by atoms with E-state index in [0.29, 0.717) is 6.61 Å². The molecule has 0 bridgehead atoms. The zero-order chi connectivity index (χ0) is 9.86. The van der Waals surface area contributed by atoms with Crippen LogP contribution in [-0.2, 0) is 4.74 Å². The Labute approximate surface area is 85.8 Å². The Balaban J connectivity index is 1.77. The summed E-state index contributed by atoms with van der Waals surface area (Å²) in [5.74, 6) is 0. The van der Waals surface area contributed by atoms with Crippen molar-refractivity contribution in [2.45, 2.75) is 38.1 Å². The molecule has 14 heavy (non-hydrogen) atoms. The lowest BCUT2D eigenvalue weighted by atomic mass is 9.80. The molecule has 0 aromatic carbocycles. The number of aliphatic hydroxyl groups is 1. The van der Waals surface area contributed by atoms with E-state index in [2.05, 4.69) is 5.32 Å². The Kier molecular flexibility index (Phi) is 3.42. The maximum absolute atomic E-state index is 9.45. The molecule has 1 aliphatic carbocycles. The Morgan fingerprint density at radius 3 is 2.50 bits per heavy atom. The van der Waals surface area contributed by atoms with Crippen molar-refractivity contribution in [1.29, 1.82) is 0 Å². The topological polar surface area (TPSA) is 41.5 Å². The lowest BCUT2D eigenvalue weighted by Gasteiger charge is -2.38. The molecule has 0 unspecified atom stereocenters. The Morgan fingerprint density at radius 2 is 2.00 bits per heavy atom. The zero-order valence-corrected chi connectivity index (χ0v) is 8.80. The third-order valence-corrected chi connectivity index (χ3v) is 3.76. The number of ether oxygens (including phenoxy) is 1. The van der Waals surface area contributed by atoms with E-state index in [9.17, 15) is 5.11 Å². The van der Waals surface area contributed by atoms with Gasteiger partial charge in [0.15, 0.2) is 0 Å². The Morgan fingerprint density at radius 1 is 1.29 bits per heavy atom. The molecular formula is C11H21NO2. The molecule has 2 aliphatic rings. The summed E-state index contributed by atoms with van der Waals surface area (Å²) in [6, 6.07) is 0.723. The SMILES string of the molecule is OCC1(CNC2CCC2)CCOCC1. The van der Waals surface area contributed by atoms with Gasteiger partial charge >= 0.3 is 0 Å². The van der Waals surface area contributed by atoms with Gasteiger partial charge in [0, 0.05) is 31.2 Å². The quantitative estimate of drug-likeness (QED) is 0.707. The molecule has 3 nitrogen and oxygen atoms in total. The second-order valence-electron chi connectivity index (χ2n) is 4.78. The van der Waals surface area contributed by atoms with E-state index in [1.54, 1.807) is 0 Å².